The Hall–Kier alpha value is -1.82. The zero-order chi connectivity index (χ0) is 15.4. The summed E-state index contributed by atoms with van der Waals surface area (Å²) in [7, 11) is 1.58. The molecule has 0 atom stereocenters. The highest BCUT2D eigenvalue weighted by Gasteiger charge is 2.22. The summed E-state index contributed by atoms with van der Waals surface area (Å²) in [6, 6.07) is 3.67. The number of hydrogen-bond donors (Lipinski definition) is 0. The lowest BCUT2D eigenvalue weighted by atomic mass is 10.1. The van der Waals surface area contributed by atoms with E-state index in [1.807, 2.05) is 19.1 Å². The second-order valence-corrected chi connectivity index (χ2v) is 5.35. The zero-order valence-corrected chi connectivity index (χ0v) is 13.7. The van der Waals surface area contributed by atoms with E-state index in [9.17, 15) is 4.79 Å². The van der Waals surface area contributed by atoms with E-state index in [0.29, 0.717) is 29.4 Å². The van der Waals surface area contributed by atoms with Crippen molar-refractivity contribution in [1.29, 1.82) is 0 Å². The fraction of sp³-hybridized carbons (Fsp3) is 0.333. The first-order valence-corrected chi connectivity index (χ1v) is 7.34. The number of carbonyl (C=O) groups is 1. The normalized spacial score (nSPS) is 15.9. The van der Waals surface area contributed by atoms with Gasteiger partial charge in [0.25, 0.3) is 0 Å². The molecule has 0 fully saturated rings. The van der Waals surface area contributed by atoms with Gasteiger partial charge in [-0.05, 0) is 53.0 Å². The van der Waals surface area contributed by atoms with Gasteiger partial charge in [-0.15, -0.1) is 0 Å². The summed E-state index contributed by atoms with van der Waals surface area (Å²) in [4.78, 5) is 16.2. The first-order chi connectivity index (χ1) is 10.1. The second-order valence-electron chi connectivity index (χ2n) is 4.50. The summed E-state index contributed by atoms with van der Waals surface area (Å²) in [6.07, 6.45) is 2.62. The number of benzene rings is 1. The fourth-order valence-electron chi connectivity index (χ4n) is 1.85. The lowest BCUT2D eigenvalue weighted by Crippen LogP contribution is -2.02. The fourth-order valence-corrected chi connectivity index (χ4v) is 2.43. The molecule has 6 heteroatoms. The Bertz CT molecular complexity index is 622. The molecule has 1 aromatic rings. The Labute approximate surface area is 131 Å². The van der Waals surface area contributed by atoms with Crippen LogP contribution in [0.15, 0.2) is 27.3 Å². The Morgan fingerprint density at radius 2 is 2.19 bits per heavy atom. The first kappa shape index (κ1) is 15.6. The van der Waals surface area contributed by atoms with Crippen molar-refractivity contribution >= 4 is 33.7 Å². The van der Waals surface area contributed by atoms with Gasteiger partial charge in [0.15, 0.2) is 11.5 Å². The summed E-state index contributed by atoms with van der Waals surface area (Å²) < 4.78 is 11.8. The van der Waals surface area contributed by atoms with Gasteiger partial charge in [0.2, 0.25) is 0 Å². The third-order valence-corrected chi connectivity index (χ3v) is 3.48. The summed E-state index contributed by atoms with van der Waals surface area (Å²) in [5.41, 5.74) is 1.79. The van der Waals surface area contributed by atoms with E-state index in [0.717, 1.165) is 16.5 Å². The van der Waals surface area contributed by atoms with Crippen LogP contribution in [0.5, 0.6) is 11.5 Å². The predicted octanol–water partition coefficient (Wildman–Crippen LogP) is 3.56. The summed E-state index contributed by atoms with van der Waals surface area (Å²) in [5.74, 6) is 0.806. The minimum Gasteiger partial charge on any atom is -0.493 e. The molecule has 0 amide bonds. The predicted molar refractivity (Wildman–Crippen MR) is 83.7 cm³/mol. The van der Waals surface area contributed by atoms with Crippen LogP contribution in [0, 0.1) is 0 Å². The number of carbonyl (C=O) groups excluding carboxylic acids is 1. The number of rotatable bonds is 5. The third-order valence-electron chi connectivity index (χ3n) is 2.89. The van der Waals surface area contributed by atoms with Crippen molar-refractivity contribution in [1.82, 2.24) is 0 Å². The molecule has 0 saturated carbocycles. The Morgan fingerprint density at radius 1 is 1.43 bits per heavy atom. The van der Waals surface area contributed by atoms with E-state index in [4.69, 9.17) is 9.47 Å². The van der Waals surface area contributed by atoms with Gasteiger partial charge in [-0.1, -0.05) is 12.1 Å². The molecule has 0 spiro atoms. The highest BCUT2D eigenvalue weighted by Crippen LogP contribution is 2.37. The molecule has 21 heavy (non-hydrogen) atoms. The van der Waals surface area contributed by atoms with E-state index >= 15 is 0 Å². The van der Waals surface area contributed by atoms with Crippen LogP contribution in [0.25, 0.3) is 6.08 Å². The van der Waals surface area contributed by atoms with E-state index in [2.05, 4.69) is 25.9 Å². The lowest BCUT2D eigenvalue weighted by molar-refractivity contribution is -0.136. The molecule has 1 heterocycles. The van der Waals surface area contributed by atoms with Gasteiger partial charge in [0.05, 0.1) is 29.5 Å². The van der Waals surface area contributed by atoms with E-state index in [1.165, 1.54) is 0 Å². The second kappa shape index (κ2) is 6.76. The molecular weight excluding hydrogens is 338 g/mol. The lowest BCUT2D eigenvalue weighted by Gasteiger charge is -2.13. The van der Waals surface area contributed by atoms with Crippen LogP contribution in [0.2, 0.25) is 0 Å². The van der Waals surface area contributed by atoms with Crippen molar-refractivity contribution in [3.05, 3.63) is 27.7 Å². The van der Waals surface area contributed by atoms with Crippen LogP contribution >= 0.6 is 15.9 Å². The molecule has 0 N–H and O–H groups in total. The van der Waals surface area contributed by atoms with Crippen LogP contribution in [-0.2, 0) is 9.63 Å². The quantitative estimate of drug-likeness (QED) is 0.599. The van der Waals surface area contributed by atoms with Gasteiger partial charge in [0.1, 0.15) is 0 Å². The van der Waals surface area contributed by atoms with Crippen LogP contribution < -0.4 is 9.47 Å². The Kier molecular flexibility index (Phi) is 5.01. The minimum atomic E-state index is -0.450. The van der Waals surface area contributed by atoms with Crippen LogP contribution in [-0.4, -0.2) is 25.4 Å². The zero-order valence-electron chi connectivity index (χ0n) is 12.1. The maximum atomic E-state index is 11.6. The summed E-state index contributed by atoms with van der Waals surface area (Å²) in [6.45, 7) is 4.36. The monoisotopic (exact) mass is 353 g/mol. The van der Waals surface area contributed by atoms with Crippen LogP contribution in [0.4, 0.5) is 0 Å². The molecule has 2 rings (SSSR count). The Balaban J connectivity index is 2.38. The summed E-state index contributed by atoms with van der Waals surface area (Å²) in [5, 5.41) is 3.65. The van der Waals surface area contributed by atoms with Crippen molar-refractivity contribution in [2.75, 3.05) is 13.7 Å². The van der Waals surface area contributed by atoms with Crippen molar-refractivity contribution in [2.24, 2.45) is 5.16 Å². The maximum absolute atomic E-state index is 11.6. The molecule has 1 aromatic carbocycles. The van der Waals surface area contributed by atoms with Crippen LogP contribution in [0.3, 0.4) is 0 Å². The summed E-state index contributed by atoms with van der Waals surface area (Å²) >= 11 is 3.47. The SMILES string of the molecule is CCCOc1c(Br)cc(/C=C2\C(=O)ON=C2C)cc1OC. The molecule has 1 aliphatic heterocycles. The number of hydrogen-bond acceptors (Lipinski definition) is 5. The van der Waals surface area contributed by atoms with Crippen molar-refractivity contribution in [3.8, 4) is 11.5 Å². The van der Waals surface area contributed by atoms with E-state index in [-0.39, 0.29) is 0 Å². The van der Waals surface area contributed by atoms with Gasteiger partial charge in [-0.2, -0.15) is 0 Å². The molecule has 0 saturated heterocycles. The topological polar surface area (TPSA) is 57.1 Å². The third kappa shape index (κ3) is 3.44. The van der Waals surface area contributed by atoms with E-state index < -0.39 is 5.97 Å². The standard InChI is InChI=1S/C15H16BrNO4/c1-4-5-20-14-12(16)7-10(8-13(14)19-3)6-11-9(2)17-21-15(11)18/h6-8H,4-5H2,1-3H3/b11-6-. The number of oxime groups is 1. The maximum Gasteiger partial charge on any atom is 0.367 e. The highest BCUT2D eigenvalue weighted by molar-refractivity contribution is 9.10. The van der Waals surface area contributed by atoms with Crippen molar-refractivity contribution in [2.45, 2.75) is 20.3 Å². The number of ether oxygens (including phenoxy) is 2. The molecule has 0 radical (unpaired) electrons. The largest absolute Gasteiger partial charge is 0.493 e. The Morgan fingerprint density at radius 3 is 2.76 bits per heavy atom. The van der Waals surface area contributed by atoms with Gasteiger partial charge >= 0.3 is 5.97 Å². The highest BCUT2D eigenvalue weighted by atomic mass is 79.9. The van der Waals surface area contributed by atoms with Gasteiger partial charge in [0, 0.05) is 0 Å². The molecule has 5 nitrogen and oxygen atoms in total. The molecule has 0 bridgehead atoms. The first-order valence-electron chi connectivity index (χ1n) is 6.55. The molecule has 0 aromatic heterocycles. The molecule has 0 unspecified atom stereocenters. The average Bonchev–Trinajstić information content (AvgIpc) is 2.77. The smallest absolute Gasteiger partial charge is 0.367 e. The number of nitrogens with zero attached hydrogens (tertiary/aromatic N) is 1. The molecular formula is C15H16BrNO4. The van der Waals surface area contributed by atoms with E-state index in [1.54, 1.807) is 20.1 Å². The average molecular weight is 354 g/mol. The minimum absolute atomic E-state index is 0.436. The van der Waals surface area contributed by atoms with Crippen LogP contribution in [0.1, 0.15) is 25.8 Å². The van der Waals surface area contributed by atoms with Crippen molar-refractivity contribution < 1.29 is 19.1 Å². The number of methoxy groups -OCH3 is 1. The molecule has 0 aliphatic carbocycles. The van der Waals surface area contributed by atoms with Crippen molar-refractivity contribution in [3.63, 3.8) is 0 Å². The van der Waals surface area contributed by atoms with Gasteiger partial charge in [-0.25, -0.2) is 4.79 Å². The van der Waals surface area contributed by atoms with Gasteiger partial charge in [-0.3, -0.25) is 0 Å². The van der Waals surface area contributed by atoms with Gasteiger partial charge < -0.3 is 14.3 Å². The molecule has 112 valence electrons. The molecule has 1 aliphatic rings. The number of halogens is 1.